The Hall–Kier alpha value is -2.50. The van der Waals surface area contributed by atoms with Gasteiger partial charge in [-0.2, -0.15) is 4.98 Å². The average molecular weight is 300 g/mol. The maximum atomic E-state index is 13.6. The molecular weight excluding hydrogens is 283 g/mol. The molecule has 6 heteroatoms. The van der Waals surface area contributed by atoms with E-state index in [0.717, 1.165) is 5.82 Å². The maximum Gasteiger partial charge on any atom is 0.246 e. The molecule has 1 aromatic carbocycles. The molecule has 114 valence electrons. The molecule has 0 radical (unpaired) electrons. The zero-order valence-corrected chi connectivity index (χ0v) is 12.7. The van der Waals surface area contributed by atoms with Crippen LogP contribution in [0.1, 0.15) is 37.0 Å². The van der Waals surface area contributed by atoms with Crippen LogP contribution in [-0.2, 0) is 6.54 Å². The fraction of sp³-hybridized carbons (Fsp3) is 0.312. The van der Waals surface area contributed by atoms with Crippen molar-refractivity contribution in [3.63, 3.8) is 0 Å². The second-order valence-corrected chi connectivity index (χ2v) is 5.54. The van der Waals surface area contributed by atoms with Gasteiger partial charge in [0.25, 0.3) is 0 Å². The number of rotatable bonds is 4. The van der Waals surface area contributed by atoms with Crippen molar-refractivity contribution in [3.8, 4) is 11.4 Å². The van der Waals surface area contributed by atoms with E-state index >= 15 is 0 Å². The van der Waals surface area contributed by atoms with Crippen molar-refractivity contribution in [2.24, 2.45) is 0 Å². The van der Waals surface area contributed by atoms with Crippen molar-refractivity contribution in [2.75, 3.05) is 0 Å². The number of imidazole rings is 1. The Labute approximate surface area is 127 Å². The number of benzene rings is 1. The summed E-state index contributed by atoms with van der Waals surface area (Å²) in [5.74, 6) is 1.85. The lowest BCUT2D eigenvalue weighted by Gasteiger charge is -2.07. The van der Waals surface area contributed by atoms with E-state index < -0.39 is 0 Å². The van der Waals surface area contributed by atoms with Gasteiger partial charge in [-0.25, -0.2) is 9.37 Å². The summed E-state index contributed by atoms with van der Waals surface area (Å²) in [6.45, 7) is 6.32. The first-order valence-electron chi connectivity index (χ1n) is 7.14. The van der Waals surface area contributed by atoms with Crippen LogP contribution in [0.3, 0.4) is 0 Å². The topological polar surface area (TPSA) is 56.7 Å². The molecule has 0 aliphatic carbocycles. The predicted octanol–water partition coefficient (Wildman–Crippen LogP) is 3.55. The van der Waals surface area contributed by atoms with Crippen LogP contribution < -0.4 is 0 Å². The van der Waals surface area contributed by atoms with Crippen molar-refractivity contribution in [3.05, 3.63) is 53.7 Å². The Bertz CT molecular complexity index is 791. The van der Waals surface area contributed by atoms with E-state index in [9.17, 15) is 4.39 Å². The molecule has 0 bridgehead atoms. The van der Waals surface area contributed by atoms with Gasteiger partial charge < -0.3 is 9.09 Å². The Balaban J connectivity index is 1.84. The third kappa shape index (κ3) is 2.77. The molecule has 22 heavy (non-hydrogen) atoms. The average Bonchev–Trinajstić information content (AvgIpc) is 3.11. The van der Waals surface area contributed by atoms with E-state index in [0.29, 0.717) is 35.3 Å². The second kappa shape index (κ2) is 5.71. The summed E-state index contributed by atoms with van der Waals surface area (Å²) in [6.07, 6.45) is 3.63. The molecule has 5 nitrogen and oxygen atoms in total. The van der Waals surface area contributed by atoms with Gasteiger partial charge in [-0.15, -0.1) is 0 Å². The molecular formula is C16H17FN4O. The summed E-state index contributed by atoms with van der Waals surface area (Å²) in [7, 11) is 0. The lowest BCUT2D eigenvalue weighted by molar-refractivity contribution is 0.369. The molecule has 3 rings (SSSR count). The summed E-state index contributed by atoms with van der Waals surface area (Å²) in [5.41, 5.74) is 1.19. The number of hydrogen-bond acceptors (Lipinski definition) is 4. The minimum absolute atomic E-state index is 0.277. The zero-order chi connectivity index (χ0) is 15.7. The lowest BCUT2D eigenvalue weighted by atomic mass is 10.1. The Morgan fingerprint density at radius 3 is 2.86 bits per heavy atom. The lowest BCUT2D eigenvalue weighted by Crippen LogP contribution is -2.06. The van der Waals surface area contributed by atoms with Crippen LogP contribution in [0.15, 0.2) is 35.1 Å². The van der Waals surface area contributed by atoms with Crippen LogP contribution in [0, 0.1) is 12.7 Å². The molecule has 0 aliphatic rings. The Morgan fingerprint density at radius 2 is 2.14 bits per heavy atom. The van der Waals surface area contributed by atoms with Gasteiger partial charge >= 0.3 is 0 Å². The summed E-state index contributed by atoms with van der Waals surface area (Å²) < 4.78 is 20.9. The molecule has 3 aromatic rings. The first-order chi connectivity index (χ1) is 10.5. The molecule has 0 atom stereocenters. The first kappa shape index (κ1) is 14.4. The first-order valence-corrected chi connectivity index (χ1v) is 7.14. The number of nitrogens with zero attached hydrogens (tertiary/aromatic N) is 4. The number of aromatic nitrogens is 4. The Morgan fingerprint density at radius 1 is 1.32 bits per heavy atom. The normalized spacial score (nSPS) is 11.3. The van der Waals surface area contributed by atoms with E-state index in [4.69, 9.17) is 4.52 Å². The molecule has 2 aromatic heterocycles. The third-order valence-corrected chi connectivity index (χ3v) is 3.47. The van der Waals surface area contributed by atoms with Crippen LogP contribution in [0.4, 0.5) is 4.39 Å². The molecule has 0 saturated carbocycles. The van der Waals surface area contributed by atoms with Crippen molar-refractivity contribution >= 4 is 0 Å². The highest BCUT2D eigenvalue weighted by molar-refractivity contribution is 5.54. The molecule has 0 fully saturated rings. The number of halogens is 1. The van der Waals surface area contributed by atoms with Gasteiger partial charge in [0, 0.05) is 23.9 Å². The van der Waals surface area contributed by atoms with Gasteiger partial charge in [0.2, 0.25) is 11.7 Å². The minimum atomic E-state index is -0.277. The van der Waals surface area contributed by atoms with Crippen molar-refractivity contribution in [1.82, 2.24) is 19.7 Å². The van der Waals surface area contributed by atoms with Crippen LogP contribution in [0.25, 0.3) is 11.4 Å². The quantitative estimate of drug-likeness (QED) is 0.739. The summed E-state index contributed by atoms with van der Waals surface area (Å²) >= 11 is 0. The van der Waals surface area contributed by atoms with E-state index in [1.54, 1.807) is 25.3 Å². The molecule has 0 unspecified atom stereocenters. The van der Waals surface area contributed by atoms with Crippen LogP contribution in [0.2, 0.25) is 0 Å². The summed E-state index contributed by atoms with van der Waals surface area (Å²) in [4.78, 5) is 8.66. The fourth-order valence-electron chi connectivity index (χ4n) is 2.27. The highest BCUT2D eigenvalue weighted by Gasteiger charge is 2.13. The minimum Gasteiger partial charge on any atom is -0.337 e. The van der Waals surface area contributed by atoms with Gasteiger partial charge in [-0.3, -0.25) is 0 Å². The molecule has 0 aliphatic heterocycles. The molecule has 0 spiro atoms. The number of hydrogen-bond donors (Lipinski definition) is 0. The van der Waals surface area contributed by atoms with Gasteiger partial charge in [-0.1, -0.05) is 31.1 Å². The Kier molecular flexibility index (Phi) is 3.75. The van der Waals surface area contributed by atoms with Gasteiger partial charge in [0.1, 0.15) is 18.2 Å². The largest absolute Gasteiger partial charge is 0.337 e. The predicted molar refractivity (Wildman–Crippen MR) is 79.8 cm³/mol. The third-order valence-electron chi connectivity index (χ3n) is 3.47. The smallest absolute Gasteiger partial charge is 0.246 e. The maximum absolute atomic E-state index is 13.6. The zero-order valence-electron chi connectivity index (χ0n) is 12.7. The highest BCUT2D eigenvalue weighted by atomic mass is 19.1. The van der Waals surface area contributed by atoms with E-state index in [2.05, 4.69) is 29.0 Å². The standard InChI is InChI=1S/C16H17FN4O/c1-10(2)16-18-6-7-21(16)9-14-19-15(20-22-14)12-5-4-11(3)13(17)8-12/h4-8,10H,9H2,1-3H3. The monoisotopic (exact) mass is 300 g/mol. The van der Waals surface area contributed by atoms with Gasteiger partial charge in [0.05, 0.1) is 0 Å². The van der Waals surface area contributed by atoms with Gasteiger partial charge in [0.15, 0.2) is 0 Å². The second-order valence-electron chi connectivity index (χ2n) is 5.54. The van der Waals surface area contributed by atoms with Crippen molar-refractivity contribution in [1.29, 1.82) is 0 Å². The van der Waals surface area contributed by atoms with E-state index in [1.807, 2.05) is 10.8 Å². The SMILES string of the molecule is Cc1ccc(-c2noc(Cn3ccnc3C(C)C)n2)cc1F. The van der Waals surface area contributed by atoms with Gasteiger partial charge in [-0.05, 0) is 18.6 Å². The van der Waals surface area contributed by atoms with Crippen molar-refractivity contribution in [2.45, 2.75) is 33.2 Å². The van der Waals surface area contributed by atoms with E-state index in [-0.39, 0.29) is 5.82 Å². The molecule has 2 heterocycles. The molecule has 0 N–H and O–H groups in total. The van der Waals surface area contributed by atoms with Crippen molar-refractivity contribution < 1.29 is 8.91 Å². The van der Waals surface area contributed by atoms with Crippen LogP contribution in [-0.4, -0.2) is 19.7 Å². The molecule has 0 saturated heterocycles. The van der Waals surface area contributed by atoms with Crippen LogP contribution in [0.5, 0.6) is 0 Å². The fourth-order valence-corrected chi connectivity index (χ4v) is 2.27. The van der Waals surface area contributed by atoms with E-state index in [1.165, 1.54) is 6.07 Å². The number of aryl methyl sites for hydroxylation is 1. The van der Waals surface area contributed by atoms with Crippen LogP contribution >= 0.6 is 0 Å². The summed E-state index contributed by atoms with van der Waals surface area (Å²) in [5, 5.41) is 3.93. The summed E-state index contributed by atoms with van der Waals surface area (Å²) in [6, 6.07) is 4.90. The highest BCUT2D eigenvalue weighted by Crippen LogP contribution is 2.20. The molecule has 0 amide bonds.